The van der Waals surface area contributed by atoms with Gasteiger partial charge in [-0.25, -0.2) is 0 Å². The summed E-state index contributed by atoms with van der Waals surface area (Å²) < 4.78 is 0. The second kappa shape index (κ2) is 7.25. The third-order valence-electron chi connectivity index (χ3n) is 4.48. The van der Waals surface area contributed by atoms with E-state index >= 15 is 0 Å². The molecule has 0 aliphatic heterocycles. The molecule has 4 rings (SSSR count). The second-order valence-corrected chi connectivity index (χ2v) is 6.22. The van der Waals surface area contributed by atoms with E-state index in [0.717, 1.165) is 11.1 Å². The maximum Gasteiger partial charge on any atom is 0.269 e. The highest BCUT2D eigenvalue weighted by Gasteiger charge is 2.17. The van der Waals surface area contributed by atoms with Gasteiger partial charge in [0.2, 0.25) is 0 Å². The summed E-state index contributed by atoms with van der Waals surface area (Å²) >= 11 is 0. The molecule has 132 valence electrons. The van der Waals surface area contributed by atoms with E-state index in [4.69, 9.17) is 5.73 Å². The van der Waals surface area contributed by atoms with Crippen LogP contribution in [0.4, 0.5) is 5.82 Å². The first-order chi connectivity index (χ1) is 13.2. The van der Waals surface area contributed by atoms with E-state index in [1.54, 1.807) is 12.1 Å². The van der Waals surface area contributed by atoms with Gasteiger partial charge in [0.15, 0.2) is 5.69 Å². The van der Waals surface area contributed by atoms with Gasteiger partial charge >= 0.3 is 0 Å². The number of anilines is 1. The van der Waals surface area contributed by atoms with Crippen molar-refractivity contribution in [1.82, 2.24) is 10.2 Å². The van der Waals surface area contributed by atoms with Crippen LogP contribution >= 0.6 is 0 Å². The lowest BCUT2D eigenvalue weighted by molar-refractivity contribution is 0.0994. The van der Waals surface area contributed by atoms with E-state index in [2.05, 4.69) is 58.0 Å². The highest BCUT2D eigenvalue weighted by atomic mass is 16.1. The summed E-state index contributed by atoms with van der Waals surface area (Å²) in [5, 5.41) is 13.8. The number of fused-ring (bicyclic) bond motifs is 1. The van der Waals surface area contributed by atoms with E-state index in [-0.39, 0.29) is 11.7 Å². The van der Waals surface area contributed by atoms with Crippen molar-refractivity contribution in [2.24, 2.45) is 5.73 Å². The number of nitrogens with two attached hydrogens (primary N) is 1. The molecule has 3 N–H and O–H groups in total. The van der Waals surface area contributed by atoms with Gasteiger partial charge in [0.05, 0.1) is 6.04 Å². The van der Waals surface area contributed by atoms with Crippen LogP contribution in [0.5, 0.6) is 0 Å². The van der Waals surface area contributed by atoms with Crippen LogP contribution in [0.2, 0.25) is 0 Å². The van der Waals surface area contributed by atoms with Gasteiger partial charge in [0.25, 0.3) is 5.91 Å². The molecule has 0 bridgehead atoms. The molecule has 0 aliphatic carbocycles. The maximum absolute atomic E-state index is 11.2. The van der Waals surface area contributed by atoms with E-state index in [0.29, 0.717) is 5.82 Å². The molecule has 3 aromatic carbocycles. The standard InChI is InChI=1S/C22H18N4O/c23-22(27)19-13-14-20(26-25-19)24-21(16-8-2-1-3-9-16)18-12-6-10-15-7-4-5-11-17(15)18/h1-14,21H,(H2,23,27)(H,24,26). The molecule has 1 atom stereocenters. The Morgan fingerprint density at radius 2 is 1.56 bits per heavy atom. The summed E-state index contributed by atoms with van der Waals surface area (Å²) in [6.45, 7) is 0. The minimum absolute atomic E-state index is 0.119. The normalized spacial score (nSPS) is 11.9. The van der Waals surface area contributed by atoms with E-state index in [1.807, 2.05) is 30.3 Å². The molecule has 1 aromatic heterocycles. The third-order valence-corrected chi connectivity index (χ3v) is 4.48. The first-order valence-corrected chi connectivity index (χ1v) is 8.65. The van der Waals surface area contributed by atoms with Crippen molar-refractivity contribution >= 4 is 22.5 Å². The number of primary amides is 1. The van der Waals surface area contributed by atoms with E-state index in [9.17, 15) is 4.79 Å². The van der Waals surface area contributed by atoms with Crippen LogP contribution in [0, 0.1) is 0 Å². The number of aromatic nitrogens is 2. The van der Waals surface area contributed by atoms with Crippen LogP contribution in [-0.2, 0) is 0 Å². The predicted octanol–water partition coefficient (Wildman–Crippen LogP) is 3.93. The summed E-state index contributed by atoms with van der Waals surface area (Å²) in [7, 11) is 0. The van der Waals surface area contributed by atoms with Gasteiger partial charge in [0, 0.05) is 0 Å². The Morgan fingerprint density at radius 3 is 2.30 bits per heavy atom. The van der Waals surface area contributed by atoms with Crippen LogP contribution < -0.4 is 11.1 Å². The molecular formula is C22H18N4O. The molecule has 0 saturated carbocycles. The van der Waals surface area contributed by atoms with Crippen molar-refractivity contribution in [2.75, 3.05) is 5.32 Å². The quantitative estimate of drug-likeness (QED) is 0.569. The van der Waals surface area contributed by atoms with Crippen molar-refractivity contribution in [1.29, 1.82) is 0 Å². The minimum Gasteiger partial charge on any atom is -0.364 e. The van der Waals surface area contributed by atoms with Crippen molar-refractivity contribution in [2.45, 2.75) is 6.04 Å². The smallest absolute Gasteiger partial charge is 0.269 e. The largest absolute Gasteiger partial charge is 0.364 e. The monoisotopic (exact) mass is 354 g/mol. The fraction of sp³-hybridized carbons (Fsp3) is 0.0455. The Labute approximate surface area is 156 Å². The topological polar surface area (TPSA) is 80.9 Å². The SMILES string of the molecule is NC(=O)c1ccc(NC(c2ccccc2)c2cccc3ccccc23)nn1. The molecular weight excluding hydrogens is 336 g/mol. The van der Waals surface area contributed by atoms with Gasteiger partial charge < -0.3 is 11.1 Å². The highest BCUT2D eigenvalue weighted by molar-refractivity contribution is 5.90. The number of hydrogen-bond acceptors (Lipinski definition) is 4. The fourth-order valence-electron chi connectivity index (χ4n) is 3.18. The highest BCUT2D eigenvalue weighted by Crippen LogP contribution is 2.31. The molecule has 1 unspecified atom stereocenters. The average Bonchev–Trinajstić information content (AvgIpc) is 2.73. The number of amides is 1. The van der Waals surface area contributed by atoms with Crippen molar-refractivity contribution in [3.8, 4) is 0 Å². The number of carbonyl (C=O) groups excluding carboxylic acids is 1. The lowest BCUT2D eigenvalue weighted by atomic mass is 9.93. The van der Waals surface area contributed by atoms with E-state index in [1.165, 1.54) is 10.8 Å². The minimum atomic E-state index is -0.595. The maximum atomic E-state index is 11.2. The van der Waals surface area contributed by atoms with Crippen molar-refractivity contribution in [3.63, 3.8) is 0 Å². The number of carbonyl (C=O) groups is 1. The summed E-state index contributed by atoms with van der Waals surface area (Å²) in [6, 6.07) is 27.9. The zero-order valence-corrected chi connectivity index (χ0v) is 14.5. The fourth-order valence-corrected chi connectivity index (χ4v) is 3.18. The molecule has 0 fully saturated rings. The van der Waals surface area contributed by atoms with Crippen LogP contribution in [-0.4, -0.2) is 16.1 Å². The predicted molar refractivity (Wildman–Crippen MR) is 106 cm³/mol. The van der Waals surface area contributed by atoms with Gasteiger partial charge in [-0.05, 0) is 34.0 Å². The Morgan fingerprint density at radius 1 is 0.815 bits per heavy atom. The molecule has 1 heterocycles. The van der Waals surface area contributed by atoms with Gasteiger partial charge in [-0.15, -0.1) is 10.2 Å². The summed E-state index contributed by atoms with van der Waals surface area (Å²) in [5.74, 6) is -0.0236. The number of benzene rings is 3. The lowest BCUT2D eigenvalue weighted by Gasteiger charge is -2.22. The number of rotatable bonds is 5. The molecule has 0 radical (unpaired) electrons. The van der Waals surface area contributed by atoms with Crippen LogP contribution in [0.15, 0.2) is 84.9 Å². The molecule has 0 saturated heterocycles. The average molecular weight is 354 g/mol. The van der Waals surface area contributed by atoms with Gasteiger partial charge in [-0.1, -0.05) is 72.8 Å². The molecule has 0 spiro atoms. The first kappa shape index (κ1) is 16.7. The molecule has 4 aromatic rings. The Bertz CT molecular complexity index is 1070. The molecule has 0 aliphatic rings. The van der Waals surface area contributed by atoms with Crippen molar-refractivity contribution < 1.29 is 4.79 Å². The van der Waals surface area contributed by atoms with E-state index < -0.39 is 5.91 Å². The molecule has 5 heteroatoms. The first-order valence-electron chi connectivity index (χ1n) is 8.65. The third kappa shape index (κ3) is 3.48. The summed E-state index contributed by atoms with van der Waals surface area (Å²) in [6.07, 6.45) is 0. The zero-order valence-electron chi connectivity index (χ0n) is 14.5. The van der Waals surface area contributed by atoms with Gasteiger partial charge in [0.1, 0.15) is 5.82 Å². The van der Waals surface area contributed by atoms with Crippen LogP contribution in [0.3, 0.4) is 0 Å². The Kier molecular flexibility index (Phi) is 4.49. The van der Waals surface area contributed by atoms with Gasteiger partial charge in [-0.2, -0.15) is 0 Å². The van der Waals surface area contributed by atoms with Crippen molar-refractivity contribution in [3.05, 3.63) is 102 Å². The molecule has 5 nitrogen and oxygen atoms in total. The second-order valence-electron chi connectivity index (χ2n) is 6.22. The zero-order chi connectivity index (χ0) is 18.6. The van der Waals surface area contributed by atoms with Crippen LogP contribution in [0.1, 0.15) is 27.7 Å². The molecule has 1 amide bonds. The summed E-state index contributed by atoms with van der Waals surface area (Å²) in [5.41, 5.74) is 7.63. The summed E-state index contributed by atoms with van der Waals surface area (Å²) in [4.78, 5) is 11.2. The molecule has 27 heavy (non-hydrogen) atoms. The van der Waals surface area contributed by atoms with Gasteiger partial charge in [-0.3, -0.25) is 4.79 Å². The number of nitrogens with one attached hydrogen (secondary N) is 1. The van der Waals surface area contributed by atoms with Crippen LogP contribution in [0.25, 0.3) is 10.8 Å². The lowest BCUT2D eigenvalue weighted by Crippen LogP contribution is -2.17. The number of nitrogens with zero attached hydrogens (tertiary/aromatic N) is 2. The Balaban J connectivity index is 1.79. The number of hydrogen-bond donors (Lipinski definition) is 2. The Hall–Kier alpha value is -3.73.